The van der Waals surface area contributed by atoms with Crippen LogP contribution in [0.25, 0.3) is 0 Å². The van der Waals surface area contributed by atoms with Gasteiger partial charge in [-0.05, 0) is 6.42 Å². The molecular weight excluding hydrogens is 260 g/mol. The summed E-state index contributed by atoms with van der Waals surface area (Å²) in [6.45, 7) is 2.28. The number of methoxy groups -OCH3 is 1. The molecule has 0 radical (unpaired) electrons. The second kappa shape index (κ2) is 5.96. The predicted octanol–water partition coefficient (Wildman–Crippen LogP) is -0.253. The molecule has 1 saturated heterocycles. The van der Waals surface area contributed by atoms with Crippen LogP contribution in [0.3, 0.4) is 0 Å². The molecule has 8 heteroatoms. The molecule has 1 aliphatic rings. The van der Waals surface area contributed by atoms with E-state index in [-0.39, 0.29) is 19.1 Å². The Morgan fingerprint density at radius 3 is 2.61 bits per heavy atom. The lowest BCUT2D eigenvalue weighted by Gasteiger charge is -2.27. The lowest BCUT2D eigenvalue weighted by atomic mass is 10.1. The molecule has 1 rings (SSSR count). The zero-order valence-electron chi connectivity index (χ0n) is 10.9. The number of nitrogens with zero attached hydrogens (tertiary/aromatic N) is 2. The number of hydrogen-bond donors (Lipinski definition) is 1. The van der Waals surface area contributed by atoms with E-state index in [2.05, 4.69) is 0 Å². The third-order valence-corrected chi connectivity index (χ3v) is 5.29. The fraction of sp³-hybridized carbons (Fsp3) is 0.900. The summed E-state index contributed by atoms with van der Waals surface area (Å²) in [5.41, 5.74) is 0. The molecule has 1 aliphatic heterocycles. The lowest BCUT2D eigenvalue weighted by Crippen LogP contribution is -2.45. The van der Waals surface area contributed by atoms with E-state index in [0.717, 1.165) is 0 Å². The number of carboxylic acids is 1. The Morgan fingerprint density at radius 1 is 1.56 bits per heavy atom. The van der Waals surface area contributed by atoms with Crippen LogP contribution in [0.2, 0.25) is 0 Å². The summed E-state index contributed by atoms with van der Waals surface area (Å²) in [7, 11) is -0.622. The summed E-state index contributed by atoms with van der Waals surface area (Å²) in [5.74, 6) is -1.00. The zero-order chi connectivity index (χ0) is 13.9. The Hall–Kier alpha value is -0.700. The van der Waals surface area contributed by atoms with Gasteiger partial charge in [-0.1, -0.05) is 6.92 Å². The smallest absolute Gasteiger partial charge is 0.304 e. The molecular formula is C10H20N2O5S. The molecule has 0 bridgehead atoms. The third kappa shape index (κ3) is 3.19. The van der Waals surface area contributed by atoms with Crippen molar-refractivity contribution in [2.75, 3.05) is 27.2 Å². The number of carboxylic acid groups (broad SMARTS) is 1. The normalized spacial score (nSPS) is 25.8. The monoisotopic (exact) mass is 280 g/mol. The maximum atomic E-state index is 12.2. The van der Waals surface area contributed by atoms with E-state index in [4.69, 9.17) is 9.84 Å². The molecule has 1 N–H and O–H groups in total. The second-order valence-corrected chi connectivity index (χ2v) is 6.32. The first kappa shape index (κ1) is 15.4. The summed E-state index contributed by atoms with van der Waals surface area (Å²) in [6.07, 6.45) is -0.0228. The fourth-order valence-electron chi connectivity index (χ4n) is 2.03. The first-order chi connectivity index (χ1) is 8.32. The quantitative estimate of drug-likeness (QED) is 0.725. The van der Waals surface area contributed by atoms with Crippen LogP contribution in [0.1, 0.15) is 19.8 Å². The van der Waals surface area contributed by atoms with Gasteiger partial charge in [-0.2, -0.15) is 17.0 Å². The number of hydrogen-bond acceptors (Lipinski definition) is 4. The highest BCUT2D eigenvalue weighted by Gasteiger charge is 2.41. The molecule has 0 saturated carbocycles. The van der Waals surface area contributed by atoms with Gasteiger partial charge in [0.2, 0.25) is 0 Å². The van der Waals surface area contributed by atoms with E-state index in [1.54, 1.807) is 6.92 Å². The van der Waals surface area contributed by atoms with Gasteiger partial charge in [0.15, 0.2) is 0 Å². The van der Waals surface area contributed by atoms with Crippen molar-refractivity contribution in [1.29, 1.82) is 0 Å². The Balaban J connectivity index is 2.92. The number of aliphatic carboxylic acids is 1. The van der Waals surface area contributed by atoms with Crippen molar-refractivity contribution in [3.05, 3.63) is 0 Å². The van der Waals surface area contributed by atoms with E-state index >= 15 is 0 Å². The van der Waals surface area contributed by atoms with Crippen LogP contribution in [0.4, 0.5) is 0 Å². The van der Waals surface area contributed by atoms with Crippen LogP contribution < -0.4 is 0 Å². The van der Waals surface area contributed by atoms with Crippen molar-refractivity contribution in [2.45, 2.75) is 31.9 Å². The van der Waals surface area contributed by atoms with Crippen molar-refractivity contribution in [3.8, 4) is 0 Å². The topological polar surface area (TPSA) is 87.2 Å². The van der Waals surface area contributed by atoms with Crippen LogP contribution >= 0.6 is 0 Å². The number of carbonyl (C=O) groups is 1. The highest BCUT2D eigenvalue weighted by Crippen LogP contribution is 2.26. The van der Waals surface area contributed by atoms with Crippen LogP contribution in [-0.2, 0) is 19.7 Å². The Bertz CT molecular complexity index is 397. The molecule has 0 spiro atoms. The molecule has 0 aromatic carbocycles. The first-order valence-electron chi connectivity index (χ1n) is 5.80. The van der Waals surface area contributed by atoms with E-state index in [1.807, 2.05) is 0 Å². The first-order valence-corrected chi connectivity index (χ1v) is 7.20. The summed E-state index contributed by atoms with van der Waals surface area (Å²) in [6, 6.07) is -0.536. The van der Waals surface area contributed by atoms with Crippen molar-refractivity contribution in [3.63, 3.8) is 0 Å². The highest BCUT2D eigenvalue weighted by atomic mass is 32.2. The van der Waals surface area contributed by atoms with Crippen LogP contribution in [0.5, 0.6) is 0 Å². The standard InChI is InChI=1S/C10H20N2O5S/c1-4-11(2)18(15,16)12-7-9(17-3)5-8(12)6-10(13)14/h8-9H,4-7H2,1-3H3,(H,13,14). The molecule has 106 valence electrons. The van der Waals surface area contributed by atoms with Crippen molar-refractivity contribution >= 4 is 16.2 Å². The predicted molar refractivity (Wildman–Crippen MR) is 65.4 cm³/mol. The minimum absolute atomic E-state index is 0.198. The zero-order valence-corrected chi connectivity index (χ0v) is 11.7. The van der Waals surface area contributed by atoms with Gasteiger partial charge in [0, 0.05) is 33.3 Å². The molecule has 1 fully saturated rings. The second-order valence-electron chi connectivity index (χ2n) is 4.34. The van der Waals surface area contributed by atoms with E-state index in [0.29, 0.717) is 13.0 Å². The maximum Gasteiger partial charge on any atom is 0.304 e. The van der Waals surface area contributed by atoms with Gasteiger partial charge in [-0.25, -0.2) is 0 Å². The van der Waals surface area contributed by atoms with Crippen molar-refractivity contribution < 1.29 is 23.1 Å². The van der Waals surface area contributed by atoms with Gasteiger partial charge in [0.05, 0.1) is 12.5 Å². The maximum absolute atomic E-state index is 12.2. The number of rotatable bonds is 6. The van der Waals surface area contributed by atoms with Crippen molar-refractivity contribution in [1.82, 2.24) is 8.61 Å². The van der Waals surface area contributed by atoms with Gasteiger partial charge >= 0.3 is 5.97 Å². The summed E-state index contributed by atoms with van der Waals surface area (Å²) in [4.78, 5) is 10.8. The van der Waals surface area contributed by atoms with Crippen LogP contribution in [0, 0.1) is 0 Å². The number of ether oxygens (including phenoxy) is 1. The molecule has 0 aromatic heterocycles. The molecule has 0 aromatic rings. The molecule has 18 heavy (non-hydrogen) atoms. The van der Waals surface area contributed by atoms with Gasteiger partial charge in [-0.15, -0.1) is 0 Å². The molecule has 2 atom stereocenters. The van der Waals surface area contributed by atoms with Crippen molar-refractivity contribution in [2.24, 2.45) is 0 Å². The SMILES string of the molecule is CCN(C)S(=O)(=O)N1CC(OC)CC1CC(=O)O. The van der Waals surface area contributed by atoms with E-state index in [9.17, 15) is 13.2 Å². The largest absolute Gasteiger partial charge is 0.481 e. The summed E-state index contributed by atoms with van der Waals surface area (Å²) in [5, 5.41) is 8.84. The molecule has 0 amide bonds. The molecule has 2 unspecified atom stereocenters. The van der Waals surface area contributed by atoms with E-state index < -0.39 is 22.2 Å². The summed E-state index contributed by atoms with van der Waals surface area (Å²) < 4.78 is 32.0. The van der Waals surface area contributed by atoms with Gasteiger partial charge in [0.25, 0.3) is 10.2 Å². The van der Waals surface area contributed by atoms with E-state index in [1.165, 1.54) is 22.8 Å². The minimum Gasteiger partial charge on any atom is -0.481 e. The van der Waals surface area contributed by atoms with Gasteiger partial charge in [-0.3, -0.25) is 4.79 Å². The van der Waals surface area contributed by atoms with Crippen LogP contribution in [-0.4, -0.2) is 67.5 Å². The average Bonchev–Trinajstić information content (AvgIpc) is 2.70. The Morgan fingerprint density at radius 2 is 2.17 bits per heavy atom. The van der Waals surface area contributed by atoms with Gasteiger partial charge < -0.3 is 9.84 Å². The molecule has 1 heterocycles. The van der Waals surface area contributed by atoms with Gasteiger partial charge in [0.1, 0.15) is 0 Å². The third-order valence-electron chi connectivity index (χ3n) is 3.20. The Kier molecular flexibility index (Phi) is 5.09. The fourth-order valence-corrected chi connectivity index (χ4v) is 3.60. The average molecular weight is 280 g/mol. The van der Waals surface area contributed by atoms with Crippen LogP contribution in [0.15, 0.2) is 0 Å². The molecule has 7 nitrogen and oxygen atoms in total. The Labute approximate surface area is 108 Å². The molecule has 0 aliphatic carbocycles. The highest BCUT2D eigenvalue weighted by molar-refractivity contribution is 7.86. The summed E-state index contributed by atoms with van der Waals surface area (Å²) >= 11 is 0. The minimum atomic E-state index is -3.60. The lowest BCUT2D eigenvalue weighted by molar-refractivity contribution is -0.137.